The van der Waals surface area contributed by atoms with Crippen LogP contribution in [-0.2, 0) is 5.41 Å². The Hall–Kier alpha value is -5.40. The van der Waals surface area contributed by atoms with E-state index in [2.05, 4.69) is 170 Å². The molecule has 0 aromatic heterocycles. The largest absolute Gasteiger partial charge is 0.310 e. The van der Waals surface area contributed by atoms with Gasteiger partial charge in [-0.1, -0.05) is 141 Å². The molecule has 44 heavy (non-hydrogen) atoms. The number of nitrogens with zero attached hydrogens (tertiary/aromatic N) is 1. The second-order valence-electron chi connectivity index (χ2n) is 12.5. The Balaban J connectivity index is 1.39. The van der Waals surface area contributed by atoms with Crippen molar-refractivity contribution in [1.82, 2.24) is 0 Å². The highest BCUT2D eigenvalue weighted by Crippen LogP contribution is 2.54. The summed E-state index contributed by atoms with van der Waals surface area (Å²) in [6.07, 6.45) is 0. The lowest BCUT2D eigenvalue weighted by Crippen LogP contribution is -2.20. The van der Waals surface area contributed by atoms with Gasteiger partial charge in [-0.3, -0.25) is 0 Å². The molecule has 0 heterocycles. The highest BCUT2D eigenvalue weighted by molar-refractivity contribution is 6.28. The quantitative estimate of drug-likeness (QED) is 0.194. The van der Waals surface area contributed by atoms with Crippen molar-refractivity contribution < 1.29 is 0 Å². The van der Waals surface area contributed by atoms with Crippen molar-refractivity contribution in [3.8, 4) is 11.1 Å². The first-order valence-electron chi connectivity index (χ1n) is 15.5. The molecule has 0 saturated heterocycles. The minimum absolute atomic E-state index is 0.137. The van der Waals surface area contributed by atoms with Crippen LogP contribution in [0.15, 0.2) is 152 Å². The van der Waals surface area contributed by atoms with Crippen LogP contribution in [0, 0.1) is 0 Å². The third-order valence-corrected chi connectivity index (χ3v) is 9.78. The van der Waals surface area contributed by atoms with Crippen LogP contribution in [0.2, 0.25) is 0 Å². The molecule has 0 saturated carbocycles. The standard InChI is InChI=1S/C43H31N/c1-43(2)37-19-9-8-16-33(37)36-18-11-21-39(42(36)43)44(31-13-4-3-5-14-31)38-20-10-17-35-34(38)27-26-30-25-24-29-23-22-28-12-6-7-15-32(28)40(29)41(30)35/h3-27H,1-2H3. The van der Waals surface area contributed by atoms with Crippen molar-refractivity contribution in [3.05, 3.63) is 163 Å². The van der Waals surface area contributed by atoms with Crippen LogP contribution in [0.4, 0.5) is 17.1 Å². The van der Waals surface area contributed by atoms with Crippen LogP contribution >= 0.6 is 0 Å². The molecular weight excluding hydrogens is 530 g/mol. The van der Waals surface area contributed by atoms with E-state index in [9.17, 15) is 0 Å². The van der Waals surface area contributed by atoms with Gasteiger partial charge in [0.15, 0.2) is 0 Å². The Morgan fingerprint density at radius 3 is 1.84 bits per heavy atom. The number of hydrogen-bond acceptors (Lipinski definition) is 1. The minimum atomic E-state index is -0.137. The molecule has 9 rings (SSSR count). The summed E-state index contributed by atoms with van der Waals surface area (Å²) in [5, 5.41) is 10.3. The first-order valence-corrected chi connectivity index (χ1v) is 15.5. The third-order valence-electron chi connectivity index (χ3n) is 9.78. The van der Waals surface area contributed by atoms with E-state index in [0.29, 0.717) is 0 Å². The zero-order valence-corrected chi connectivity index (χ0v) is 24.9. The lowest BCUT2D eigenvalue weighted by atomic mass is 9.81. The molecule has 1 nitrogen and oxygen atoms in total. The van der Waals surface area contributed by atoms with Gasteiger partial charge in [-0.05, 0) is 84.2 Å². The lowest BCUT2D eigenvalue weighted by Gasteiger charge is -2.33. The molecular formula is C43H31N. The van der Waals surface area contributed by atoms with E-state index in [-0.39, 0.29) is 5.41 Å². The molecule has 0 N–H and O–H groups in total. The zero-order valence-electron chi connectivity index (χ0n) is 24.9. The molecule has 8 aromatic rings. The Bertz CT molecular complexity index is 2410. The number of hydrogen-bond donors (Lipinski definition) is 0. The Morgan fingerprint density at radius 2 is 1.00 bits per heavy atom. The van der Waals surface area contributed by atoms with E-state index in [1.807, 2.05) is 0 Å². The number of fused-ring (bicyclic) bond motifs is 10. The maximum atomic E-state index is 2.49. The average molecular weight is 562 g/mol. The van der Waals surface area contributed by atoms with Crippen molar-refractivity contribution in [2.24, 2.45) is 0 Å². The third kappa shape index (κ3) is 3.47. The van der Waals surface area contributed by atoms with Crippen LogP contribution in [0.1, 0.15) is 25.0 Å². The predicted molar refractivity (Wildman–Crippen MR) is 189 cm³/mol. The van der Waals surface area contributed by atoms with E-state index < -0.39 is 0 Å². The summed E-state index contributed by atoms with van der Waals surface area (Å²) in [6, 6.07) is 55.9. The fraction of sp³-hybridized carbons (Fsp3) is 0.0698. The maximum Gasteiger partial charge on any atom is 0.0540 e. The van der Waals surface area contributed by atoms with E-state index >= 15 is 0 Å². The summed E-state index contributed by atoms with van der Waals surface area (Å²) in [7, 11) is 0. The molecule has 208 valence electrons. The number of rotatable bonds is 3. The molecule has 0 fully saturated rings. The smallest absolute Gasteiger partial charge is 0.0540 e. The first-order chi connectivity index (χ1) is 21.6. The molecule has 0 atom stereocenters. The van der Waals surface area contributed by atoms with Crippen LogP contribution in [0.3, 0.4) is 0 Å². The maximum absolute atomic E-state index is 2.49. The highest BCUT2D eigenvalue weighted by Gasteiger charge is 2.38. The molecule has 0 amide bonds. The summed E-state index contributed by atoms with van der Waals surface area (Å²) in [6.45, 7) is 4.75. The van der Waals surface area contributed by atoms with E-state index in [1.54, 1.807) is 0 Å². The summed E-state index contributed by atoms with van der Waals surface area (Å²) in [4.78, 5) is 2.49. The Morgan fingerprint density at radius 1 is 0.409 bits per heavy atom. The molecule has 1 aliphatic rings. The van der Waals surface area contributed by atoms with Crippen LogP contribution in [0.5, 0.6) is 0 Å². The van der Waals surface area contributed by atoms with Crippen LogP contribution in [-0.4, -0.2) is 0 Å². The first kappa shape index (κ1) is 25.1. The summed E-state index contributed by atoms with van der Waals surface area (Å²) in [5.41, 5.74) is 8.86. The second-order valence-corrected chi connectivity index (χ2v) is 12.5. The fourth-order valence-electron chi connectivity index (χ4n) is 7.85. The fourth-order valence-corrected chi connectivity index (χ4v) is 7.85. The SMILES string of the molecule is CC1(C)c2ccccc2-c2cccc(N(c3ccccc3)c3cccc4c3ccc3ccc5ccc6ccccc6c5c34)c21. The topological polar surface area (TPSA) is 3.24 Å². The summed E-state index contributed by atoms with van der Waals surface area (Å²) < 4.78 is 0. The van der Waals surface area contributed by atoms with Gasteiger partial charge in [-0.15, -0.1) is 0 Å². The normalized spacial score (nSPS) is 13.4. The molecule has 0 bridgehead atoms. The van der Waals surface area contributed by atoms with Gasteiger partial charge in [0.05, 0.1) is 11.4 Å². The Kier molecular flexibility index (Phi) is 5.31. The number of benzene rings is 8. The van der Waals surface area contributed by atoms with Gasteiger partial charge < -0.3 is 4.90 Å². The average Bonchev–Trinajstić information content (AvgIpc) is 3.31. The molecule has 0 aliphatic heterocycles. The molecule has 1 heteroatoms. The number of anilines is 3. The lowest BCUT2D eigenvalue weighted by molar-refractivity contribution is 0.661. The van der Waals surface area contributed by atoms with Gasteiger partial charge in [0.2, 0.25) is 0 Å². The molecule has 8 aromatic carbocycles. The second kappa shape index (κ2) is 9.30. The Labute approximate surface area is 257 Å². The predicted octanol–water partition coefficient (Wildman–Crippen LogP) is 12.1. The van der Waals surface area contributed by atoms with E-state index in [1.165, 1.54) is 76.7 Å². The molecule has 0 unspecified atom stereocenters. The van der Waals surface area contributed by atoms with Crippen molar-refractivity contribution in [2.45, 2.75) is 19.3 Å². The van der Waals surface area contributed by atoms with Gasteiger partial charge >= 0.3 is 0 Å². The van der Waals surface area contributed by atoms with Gasteiger partial charge in [-0.2, -0.15) is 0 Å². The molecule has 1 aliphatic carbocycles. The molecule has 0 spiro atoms. The number of para-hydroxylation sites is 1. The van der Waals surface area contributed by atoms with Crippen molar-refractivity contribution in [1.29, 1.82) is 0 Å². The summed E-state index contributed by atoms with van der Waals surface area (Å²) >= 11 is 0. The van der Waals surface area contributed by atoms with Gasteiger partial charge in [-0.25, -0.2) is 0 Å². The van der Waals surface area contributed by atoms with Gasteiger partial charge in [0, 0.05) is 16.5 Å². The van der Waals surface area contributed by atoms with E-state index in [4.69, 9.17) is 0 Å². The minimum Gasteiger partial charge on any atom is -0.310 e. The van der Waals surface area contributed by atoms with Crippen molar-refractivity contribution >= 4 is 60.2 Å². The monoisotopic (exact) mass is 561 g/mol. The molecule has 0 radical (unpaired) electrons. The van der Waals surface area contributed by atoms with Crippen LogP contribution in [0.25, 0.3) is 54.2 Å². The highest BCUT2D eigenvalue weighted by atomic mass is 15.1. The van der Waals surface area contributed by atoms with Crippen molar-refractivity contribution in [3.63, 3.8) is 0 Å². The van der Waals surface area contributed by atoms with E-state index in [0.717, 1.165) is 5.69 Å². The summed E-state index contributed by atoms with van der Waals surface area (Å²) in [5.74, 6) is 0. The van der Waals surface area contributed by atoms with Gasteiger partial charge in [0.25, 0.3) is 0 Å². The van der Waals surface area contributed by atoms with Gasteiger partial charge in [0.1, 0.15) is 0 Å². The zero-order chi connectivity index (χ0) is 29.4. The van der Waals surface area contributed by atoms with Crippen molar-refractivity contribution in [2.75, 3.05) is 4.90 Å². The van der Waals surface area contributed by atoms with Crippen LogP contribution < -0.4 is 4.90 Å².